The Hall–Kier alpha value is -2.84. The summed E-state index contributed by atoms with van der Waals surface area (Å²) in [7, 11) is 1.45. The molecule has 0 fully saturated rings. The van der Waals surface area contributed by atoms with E-state index in [-0.39, 0.29) is 11.7 Å². The van der Waals surface area contributed by atoms with E-state index in [1.54, 1.807) is 29.2 Å². The fourth-order valence-electron chi connectivity index (χ4n) is 2.31. The van der Waals surface area contributed by atoms with Gasteiger partial charge in [-0.05, 0) is 19.1 Å². The number of methoxy groups -OCH3 is 1. The number of hydrogen-bond donors (Lipinski definition) is 0. The molecule has 126 valence electrons. The summed E-state index contributed by atoms with van der Waals surface area (Å²) < 4.78 is 46.2. The van der Waals surface area contributed by atoms with E-state index >= 15 is 0 Å². The van der Waals surface area contributed by atoms with Gasteiger partial charge in [-0.2, -0.15) is 18.2 Å². The van der Waals surface area contributed by atoms with Crippen molar-refractivity contribution in [3.8, 4) is 17.4 Å². The minimum Gasteiger partial charge on any atom is -0.479 e. The Bertz CT molecular complexity index is 853. The highest BCUT2D eigenvalue weighted by Crippen LogP contribution is 2.25. The van der Waals surface area contributed by atoms with Gasteiger partial charge in [0.25, 0.3) is 0 Å². The predicted molar refractivity (Wildman–Crippen MR) is 79.5 cm³/mol. The van der Waals surface area contributed by atoms with Gasteiger partial charge in [0, 0.05) is 18.6 Å². The maximum absolute atomic E-state index is 12.6. The summed E-state index contributed by atoms with van der Waals surface area (Å²) in [5.74, 6) is 0.434. The Kier molecular flexibility index (Phi) is 4.00. The SMILES string of the molecule is COc1nc(-n2ccnc2CC(F)(F)F)ccc1-n1cnc(C)c1. The molecule has 0 atom stereocenters. The summed E-state index contributed by atoms with van der Waals surface area (Å²) in [6.07, 6.45) is 0.673. The third-order valence-electron chi connectivity index (χ3n) is 3.33. The number of imidazole rings is 2. The lowest BCUT2D eigenvalue weighted by Crippen LogP contribution is -2.16. The van der Waals surface area contributed by atoms with E-state index in [9.17, 15) is 13.2 Å². The van der Waals surface area contributed by atoms with Gasteiger partial charge in [-0.25, -0.2) is 9.97 Å². The molecule has 0 saturated heterocycles. The number of nitrogens with zero attached hydrogens (tertiary/aromatic N) is 5. The highest BCUT2D eigenvalue weighted by molar-refractivity contribution is 5.46. The first-order valence-corrected chi connectivity index (χ1v) is 7.03. The maximum Gasteiger partial charge on any atom is 0.396 e. The predicted octanol–water partition coefficient (Wildman–Crippen LogP) is 2.87. The van der Waals surface area contributed by atoms with Crippen LogP contribution in [0, 0.1) is 6.92 Å². The number of rotatable bonds is 4. The molecule has 0 amide bonds. The van der Waals surface area contributed by atoms with Crippen molar-refractivity contribution in [2.24, 2.45) is 0 Å². The summed E-state index contributed by atoms with van der Waals surface area (Å²) >= 11 is 0. The largest absolute Gasteiger partial charge is 0.479 e. The highest BCUT2D eigenvalue weighted by atomic mass is 19.4. The monoisotopic (exact) mass is 337 g/mol. The summed E-state index contributed by atoms with van der Waals surface area (Å²) in [5.41, 5.74) is 1.46. The third kappa shape index (κ3) is 3.24. The summed E-state index contributed by atoms with van der Waals surface area (Å²) in [5, 5.41) is 0. The van der Waals surface area contributed by atoms with E-state index in [1.165, 1.54) is 24.1 Å². The van der Waals surface area contributed by atoms with Crippen LogP contribution in [-0.2, 0) is 6.42 Å². The Labute approximate surface area is 135 Å². The second kappa shape index (κ2) is 5.99. The maximum atomic E-state index is 12.6. The van der Waals surface area contributed by atoms with Crippen molar-refractivity contribution in [3.63, 3.8) is 0 Å². The first kappa shape index (κ1) is 16.0. The topological polar surface area (TPSA) is 57.8 Å². The van der Waals surface area contributed by atoms with E-state index in [0.717, 1.165) is 5.69 Å². The first-order valence-electron chi connectivity index (χ1n) is 7.03. The third-order valence-corrected chi connectivity index (χ3v) is 3.33. The molecule has 0 aromatic carbocycles. The first-order chi connectivity index (χ1) is 11.4. The molecule has 3 aromatic heterocycles. The lowest BCUT2D eigenvalue weighted by molar-refractivity contribution is -0.128. The molecule has 0 saturated carbocycles. The Morgan fingerprint density at radius 1 is 1.21 bits per heavy atom. The summed E-state index contributed by atoms with van der Waals surface area (Å²) in [6, 6.07) is 3.31. The molecule has 3 heterocycles. The van der Waals surface area contributed by atoms with E-state index in [0.29, 0.717) is 11.5 Å². The van der Waals surface area contributed by atoms with E-state index < -0.39 is 12.6 Å². The standard InChI is InChI=1S/C15H14F3N5O/c1-10-8-22(9-20-10)11-3-4-12(21-14(11)24-2)23-6-5-19-13(23)7-15(16,17)18/h3-6,8-9H,7H2,1-2H3. The molecular weight excluding hydrogens is 323 g/mol. The van der Waals surface area contributed by atoms with Crippen LogP contribution in [0.2, 0.25) is 0 Å². The second-order valence-electron chi connectivity index (χ2n) is 5.13. The zero-order valence-corrected chi connectivity index (χ0v) is 12.9. The van der Waals surface area contributed by atoms with Gasteiger partial charge in [0.1, 0.15) is 23.8 Å². The fourth-order valence-corrected chi connectivity index (χ4v) is 2.31. The minimum absolute atomic E-state index is 0.136. The van der Waals surface area contributed by atoms with Crippen molar-refractivity contribution in [2.45, 2.75) is 19.5 Å². The average molecular weight is 337 g/mol. The molecule has 3 rings (SSSR count). The van der Waals surface area contributed by atoms with Crippen LogP contribution < -0.4 is 4.74 Å². The number of aromatic nitrogens is 5. The normalized spacial score (nSPS) is 11.7. The summed E-state index contributed by atoms with van der Waals surface area (Å²) in [4.78, 5) is 12.2. The summed E-state index contributed by atoms with van der Waals surface area (Å²) in [6.45, 7) is 1.85. The molecule has 9 heteroatoms. The number of hydrogen-bond acceptors (Lipinski definition) is 4. The molecule has 0 N–H and O–H groups in total. The van der Waals surface area contributed by atoms with Crippen LogP contribution in [0.5, 0.6) is 5.88 Å². The zero-order valence-electron chi connectivity index (χ0n) is 12.9. The van der Waals surface area contributed by atoms with Crippen molar-refractivity contribution < 1.29 is 17.9 Å². The fraction of sp³-hybridized carbons (Fsp3) is 0.267. The smallest absolute Gasteiger partial charge is 0.396 e. The van der Waals surface area contributed by atoms with Crippen molar-refractivity contribution in [1.82, 2.24) is 24.1 Å². The molecule has 6 nitrogen and oxygen atoms in total. The van der Waals surface area contributed by atoms with Crippen LogP contribution >= 0.6 is 0 Å². The molecule has 0 bridgehead atoms. The number of alkyl halides is 3. The number of aryl methyl sites for hydroxylation is 1. The average Bonchev–Trinajstić information content (AvgIpc) is 3.14. The molecule has 3 aromatic rings. The van der Waals surface area contributed by atoms with Crippen molar-refractivity contribution in [3.05, 3.63) is 48.6 Å². The molecule has 24 heavy (non-hydrogen) atoms. The molecule has 0 aliphatic rings. The lowest BCUT2D eigenvalue weighted by Gasteiger charge is -2.13. The molecular formula is C15H14F3N5O. The Morgan fingerprint density at radius 2 is 2.00 bits per heavy atom. The van der Waals surface area contributed by atoms with Crippen LogP contribution in [0.3, 0.4) is 0 Å². The van der Waals surface area contributed by atoms with Crippen LogP contribution in [0.15, 0.2) is 37.1 Å². The van der Waals surface area contributed by atoms with Crippen molar-refractivity contribution >= 4 is 0 Å². The molecule has 0 spiro atoms. The van der Waals surface area contributed by atoms with Gasteiger partial charge in [-0.15, -0.1) is 0 Å². The number of halogens is 3. The molecule has 0 aliphatic heterocycles. The van der Waals surface area contributed by atoms with Gasteiger partial charge in [-0.3, -0.25) is 4.57 Å². The minimum atomic E-state index is -4.35. The molecule has 0 radical (unpaired) electrons. The van der Waals surface area contributed by atoms with E-state index in [1.807, 2.05) is 6.92 Å². The lowest BCUT2D eigenvalue weighted by atomic mass is 10.3. The van der Waals surface area contributed by atoms with Gasteiger partial charge in [0.05, 0.1) is 19.1 Å². The van der Waals surface area contributed by atoms with Crippen LogP contribution in [0.4, 0.5) is 13.2 Å². The van der Waals surface area contributed by atoms with Crippen LogP contribution in [0.25, 0.3) is 11.5 Å². The van der Waals surface area contributed by atoms with Crippen molar-refractivity contribution in [2.75, 3.05) is 7.11 Å². The van der Waals surface area contributed by atoms with Crippen LogP contribution in [-0.4, -0.2) is 37.4 Å². The Balaban J connectivity index is 2.01. The van der Waals surface area contributed by atoms with Gasteiger partial charge < -0.3 is 9.30 Å². The van der Waals surface area contributed by atoms with Gasteiger partial charge in [0.2, 0.25) is 5.88 Å². The number of pyridine rings is 1. The van der Waals surface area contributed by atoms with Gasteiger partial charge >= 0.3 is 6.18 Å². The molecule has 0 aliphatic carbocycles. The van der Waals surface area contributed by atoms with Crippen LogP contribution in [0.1, 0.15) is 11.5 Å². The quantitative estimate of drug-likeness (QED) is 0.735. The molecule has 0 unspecified atom stereocenters. The number of ether oxygens (including phenoxy) is 1. The second-order valence-corrected chi connectivity index (χ2v) is 5.13. The van der Waals surface area contributed by atoms with E-state index in [2.05, 4.69) is 15.0 Å². The van der Waals surface area contributed by atoms with E-state index in [4.69, 9.17) is 4.74 Å². The van der Waals surface area contributed by atoms with Gasteiger partial charge in [-0.1, -0.05) is 0 Å². The van der Waals surface area contributed by atoms with Gasteiger partial charge in [0.15, 0.2) is 0 Å². The van der Waals surface area contributed by atoms with Crippen molar-refractivity contribution in [1.29, 1.82) is 0 Å². The zero-order chi connectivity index (χ0) is 17.3. The highest BCUT2D eigenvalue weighted by Gasteiger charge is 2.30. The Morgan fingerprint density at radius 3 is 2.62 bits per heavy atom.